The number of carbonyl (C=O) groups excluding carboxylic acids is 1. The van der Waals surface area contributed by atoms with Gasteiger partial charge in [-0.2, -0.15) is 13.2 Å². The van der Waals surface area contributed by atoms with Crippen LogP contribution < -0.4 is 0 Å². The number of rotatable bonds is 8. The van der Waals surface area contributed by atoms with Gasteiger partial charge in [0, 0.05) is 24.0 Å². The van der Waals surface area contributed by atoms with Crippen LogP contribution in [0.15, 0.2) is 103 Å². The molecule has 0 aliphatic heterocycles. The van der Waals surface area contributed by atoms with E-state index >= 15 is 0 Å². The van der Waals surface area contributed by atoms with Crippen LogP contribution in [0.5, 0.6) is 0 Å². The van der Waals surface area contributed by atoms with Crippen LogP contribution in [-0.2, 0) is 12.7 Å². The summed E-state index contributed by atoms with van der Waals surface area (Å²) >= 11 is 12.4. The fourth-order valence-electron chi connectivity index (χ4n) is 4.29. The van der Waals surface area contributed by atoms with Crippen LogP contribution in [0.2, 0.25) is 10.0 Å². The maximum atomic E-state index is 13.6. The molecule has 0 spiro atoms. The van der Waals surface area contributed by atoms with Gasteiger partial charge in [-0.3, -0.25) is 4.79 Å². The SMILES string of the molecule is O=C(c1ccc(Cl)cc1Cl)N(CCC(c1ccccc1)c1ccccc1)Cc1ccc(C(F)(F)F)cc1. The molecule has 0 bridgehead atoms. The Morgan fingerprint density at radius 3 is 1.86 bits per heavy atom. The summed E-state index contributed by atoms with van der Waals surface area (Å²) in [5, 5.41) is 0.627. The van der Waals surface area contributed by atoms with Gasteiger partial charge in [0.1, 0.15) is 0 Å². The van der Waals surface area contributed by atoms with Crippen molar-refractivity contribution >= 4 is 29.1 Å². The molecular formula is C30H24Cl2F3NO. The van der Waals surface area contributed by atoms with Gasteiger partial charge in [0.05, 0.1) is 16.1 Å². The molecule has 0 N–H and O–H groups in total. The predicted molar refractivity (Wildman–Crippen MR) is 142 cm³/mol. The molecule has 0 radical (unpaired) electrons. The largest absolute Gasteiger partial charge is 0.416 e. The molecule has 4 rings (SSSR count). The highest BCUT2D eigenvalue weighted by atomic mass is 35.5. The van der Waals surface area contributed by atoms with Gasteiger partial charge in [0.2, 0.25) is 0 Å². The number of halogens is 5. The van der Waals surface area contributed by atoms with Gasteiger partial charge in [0.25, 0.3) is 5.91 Å². The van der Waals surface area contributed by atoms with Gasteiger partial charge in [0.15, 0.2) is 0 Å². The van der Waals surface area contributed by atoms with Crippen LogP contribution in [0.1, 0.15) is 45.0 Å². The molecule has 190 valence electrons. The Kier molecular flexibility index (Phi) is 8.57. The molecule has 4 aromatic rings. The smallest absolute Gasteiger partial charge is 0.334 e. The third-order valence-corrected chi connectivity index (χ3v) is 6.74. The van der Waals surface area contributed by atoms with Crippen LogP contribution in [-0.4, -0.2) is 17.4 Å². The fourth-order valence-corrected chi connectivity index (χ4v) is 4.78. The monoisotopic (exact) mass is 541 g/mol. The van der Waals surface area contributed by atoms with Crippen molar-refractivity contribution in [1.29, 1.82) is 0 Å². The molecule has 7 heteroatoms. The van der Waals surface area contributed by atoms with Crippen LogP contribution in [0.3, 0.4) is 0 Å². The first-order chi connectivity index (χ1) is 17.7. The highest BCUT2D eigenvalue weighted by Gasteiger charge is 2.30. The Hall–Kier alpha value is -3.28. The van der Waals surface area contributed by atoms with Crippen molar-refractivity contribution in [3.05, 3.63) is 141 Å². The molecule has 0 unspecified atom stereocenters. The van der Waals surface area contributed by atoms with E-state index < -0.39 is 11.7 Å². The molecule has 0 atom stereocenters. The van der Waals surface area contributed by atoms with E-state index in [9.17, 15) is 18.0 Å². The van der Waals surface area contributed by atoms with Crippen molar-refractivity contribution in [3.8, 4) is 0 Å². The van der Waals surface area contributed by atoms with Gasteiger partial charge >= 0.3 is 6.18 Å². The number of hydrogen-bond donors (Lipinski definition) is 0. The Morgan fingerprint density at radius 1 is 0.784 bits per heavy atom. The number of amides is 1. The zero-order chi connectivity index (χ0) is 26.4. The van der Waals surface area contributed by atoms with Gasteiger partial charge in [-0.25, -0.2) is 0 Å². The number of carbonyl (C=O) groups is 1. The maximum Gasteiger partial charge on any atom is 0.416 e. The molecule has 0 aliphatic carbocycles. The number of alkyl halides is 3. The standard InChI is InChI=1S/C30H24Cl2F3NO/c31-25-15-16-27(28(32)19-25)29(37)36(20-21-11-13-24(14-12-21)30(33,34)35)18-17-26(22-7-3-1-4-8-22)23-9-5-2-6-10-23/h1-16,19,26H,17-18,20H2. The molecule has 1 amide bonds. The Balaban J connectivity index is 1.63. The highest BCUT2D eigenvalue weighted by Crippen LogP contribution is 2.31. The molecule has 0 saturated carbocycles. The quantitative estimate of drug-likeness (QED) is 0.218. The highest BCUT2D eigenvalue weighted by molar-refractivity contribution is 6.36. The normalized spacial score (nSPS) is 11.5. The van der Waals surface area contributed by atoms with Crippen molar-refractivity contribution in [3.63, 3.8) is 0 Å². The second kappa shape index (κ2) is 11.8. The zero-order valence-electron chi connectivity index (χ0n) is 19.8. The summed E-state index contributed by atoms with van der Waals surface area (Å²) in [6.45, 7) is 0.486. The lowest BCUT2D eigenvalue weighted by Crippen LogP contribution is -2.32. The minimum atomic E-state index is -4.43. The lowest BCUT2D eigenvalue weighted by atomic mass is 9.88. The second-order valence-electron chi connectivity index (χ2n) is 8.71. The molecule has 37 heavy (non-hydrogen) atoms. The van der Waals surface area contributed by atoms with Crippen molar-refractivity contribution in [2.24, 2.45) is 0 Å². The van der Waals surface area contributed by atoms with Gasteiger partial charge < -0.3 is 4.90 Å². The van der Waals surface area contributed by atoms with Gasteiger partial charge in [-0.15, -0.1) is 0 Å². The molecule has 0 heterocycles. The average Bonchev–Trinajstić information content (AvgIpc) is 2.89. The van der Waals surface area contributed by atoms with Crippen LogP contribution in [0.25, 0.3) is 0 Å². The van der Waals surface area contributed by atoms with E-state index in [0.29, 0.717) is 23.6 Å². The minimum absolute atomic E-state index is 0.0194. The number of benzene rings is 4. The van der Waals surface area contributed by atoms with E-state index in [-0.39, 0.29) is 29.0 Å². The van der Waals surface area contributed by atoms with Crippen LogP contribution in [0.4, 0.5) is 13.2 Å². The molecule has 4 aromatic carbocycles. The first kappa shape index (κ1) is 26.8. The van der Waals surface area contributed by atoms with Crippen molar-refractivity contribution in [1.82, 2.24) is 4.90 Å². The first-order valence-corrected chi connectivity index (χ1v) is 12.5. The first-order valence-electron chi connectivity index (χ1n) is 11.7. The van der Waals surface area contributed by atoms with E-state index in [1.165, 1.54) is 18.2 Å². The second-order valence-corrected chi connectivity index (χ2v) is 9.55. The van der Waals surface area contributed by atoms with Crippen LogP contribution >= 0.6 is 23.2 Å². The Labute approximate surface area is 224 Å². The third kappa shape index (κ3) is 6.94. The molecular weight excluding hydrogens is 518 g/mol. The average molecular weight is 542 g/mol. The lowest BCUT2D eigenvalue weighted by Gasteiger charge is -2.27. The number of nitrogens with zero attached hydrogens (tertiary/aromatic N) is 1. The predicted octanol–water partition coefficient (Wildman–Crippen LogP) is 8.88. The van der Waals surface area contributed by atoms with Crippen molar-refractivity contribution in [2.45, 2.75) is 25.1 Å². The van der Waals surface area contributed by atoms with E-state index in [1.807, 2.05) is 36.4 Å². The summed E-state index contributed by atoms with van der Waals surface area (Å²) in [6.07, 6.45) is -3.82. The summed E-state index contributed by atoms with van der Waals surface area (Å²) in [5.74, 6) is -0.299. The van der Waals surface area contributed by atoms with E-state index in [4.69, 9.17) is 23.2 Å². The minimum Gasteiger partial charge on any atom is -0.334 e. The number of hydrogen-bond acceptors (Lipinski definition) is 1. The Morgan fingerprint density at radius 2 is 1.35 bits per heavy atom. The summed E-state index contributed by atoms with van der Waals surface area (Å²) in [4.78, 5) is 15.2. The van der Waals surface area contributed by atoms with Gasteiger partial charge in [-0.1, -0.05) is 96.0 Å². The topological polar surface area (TPSA) is 20.3 Å². The molecule has 0 saturated heterocycles. The molecule has 2 nitrogen and oxygen atoms in total. The van der Waals surface area contributed by atoms with Crippen LogP contribution in [0, 0.1) is 0 Å². The molecule has 0 aromatic heterocycles. The summed E-state index contributed by atoms with van der Waals surface area (Å²) in [5.41, 5.74) is 2.36. The van der Waals surface area contributed by atoms with Crippen molar-refractivity contribution in [2.75, 3.05) is 6.54 Å². The zero-order valence-corrected chi connectivity index (χ0v) is 21.3. The van der Waals surface area contributed by atoms with E-state index in [2.05, 4.69) is 24.3 Å². The molecule has 0 fully saturated rings. The third-order valence-electron chi connectivity index (χ3n) is 6.20. The summed E-state index contributed by atoms with van der Waals surface area (Å²) < 4.78 is 39.2. The lowest BCUT2D eigenvalue weighted by molar-refractivity contribution is -0.137. The summed E-state index contributed by atoms with van der Waals surface area (Å²) in [7, 11) is 0. The molecule has 0 aliphatic rings. The Bertz CT molecular complexity index is 1290. The maximum absolute atomic E-state index is 13.6. The fraction of sp³-hybridized carbons (Fsp3) is 0.167. The van der Waals surface area contributed by atoms with E-state index in [0.717, 1.165) is 23.3 Å². The van der Waals surface area contributed by atoms with Gasteiger partial charge in [-0.05, 0) is 53.4 Å². The summed E-state index contributed by atoms with van der Waals surface area (Å²) in [6, 6.07) is 29.5. The van der Waals surface area contributed by atoms with E-state index in [1.54, 1.807) is 17.0 Å². The van der Waals surface area contributed by atoms with Crippen molar-refractivity contribution < 1.29 is 18.0 Å².